The van der Waals surface area contributed by atoms with Crippen molar-refractivity contribution in [1.29, 1.82) is 0 Å². The highest BCUT2D eigenvalue weighted by Gasteiger charge is 2.14. The zero-order valence-corrected chi connectivity index (χ0v) is 15.1. The van der Waals surface area contributed by atoms with Gasteiger partial charge in [-0.3, -0.25) is 4.79 Å². The Morgan fingerprint density at radius 3 is 2.70 bits per heavy atom. The fraction of sp³-hybridized carbons (Fsp3) is 0.312. The number of ether oxygens (including phenoxy) is 2. The van der Waals surface area contributed by atoms with E-state index in [0.717, 1.165) is 4.88 Å². The summed E-state index contributed by atoms with van der Waals surface area (Å²) in [6.07, 6.45) is -0.170. The molecular formula is C16H17Cl2NO3S. The standard InChI is InChI=1S/C16H17Cl2NO3S/c1-10-3-6-15(23-10)14(21-2)8-19-16(20)9-22-13-5-4-11(17)7-12(13)18/h3-7,14H,8-9H2,1-2H3,(H,19,20)/t14-/m1/s1. The van der Waals surface area contributed by atoms with Gasteiger partial charge in [0.2, 0.25) is 0 Å². The number of amides is 1. The lowest BCUT2D eigenvalue weighted by molar-refractivity contribution is -0.123. The van der Waals surface area contributed by atoms with Gasteiger partial charge in [-0.1, -0.05) is 23.2 Å². The zero-order valence-electron chi connectivity index (χ0n) is 12.8. The van der Waals surface area contributed by atoms with E-state index in [-0.39, 0.29) is 18.6 Å². The van der Waals surface area contributed by atoms with Crippen molar-refractivity contribution >= 4 is 40.4 Å². The largest absolute Gasteiger partial charge is 0.482 e. The summed E-state index contributed by atoms with van der Waals surface area (Å²) in [7, 11) is 1.62. The first-order valence-electron chi connectivity index (χ1n) is 6.93. The normalized spacial score (nSPS) is 12.0. The first-order valence-corrected chi connectivity index (χ1v) is 8.50. The lowest BCUT2D eigenvalue weighted by Crippen LogP contribution is -2.32. The summed E-state index contributed by atoms with van der Waals surface area (Å²) in [6.45, 7) is 2.29. The molecule has 0 unspecified atom stereocenters. The Balaban J connectivity index is 1.82. The number of carbonyl (C=O) groups excluding carboxylic acids is 1. The van der Waals surface area contributed by atoms with Crippen molar-refractivity contribution in [2.24, 2.45) is 0 Å². The van der Waals surface area contributed by atoms with Crippen molar-refractivity contribution in [3.63, 3.8) is 0 Å². The summed E-state index contributed by atoms with van der Waals surface area (Å²) in [5, 5.41) is 3.68. The van der Waals surface area contributed by atoms with Crippen molar-refractivity contribution in [1.82, 2.24) is 5.32 Å². The number of hydrogen-bond donors (Lipinski definition) is 1. The van der Waals surface area contributed by atoms with Gasteiger partial charge in [0.1, 0.15) is 11.9 Å². The number of aryl methyl sites for hydroxylation is 1. The minimum absolute atomic E-state index is 0.124. The van der Waals surface area contributed by atoms with Crippen LogP contribution < -0.4 is 10.1 Å². The Kier molecular flexibility index (Phi) is 6.72. The number of thiophene rings is 1. The van der Waals surface area contributed by atoms with Gasteiger partial charge in [0.15, 0.2) is 6.61 Å². The van der Waals surface area contributed by atoms with Crippen LogP contribution in [0.3, 0.4) is 0 Å². The number of rotatable bonds is 7. The minimum Gasteiger partial charge on any atom is -0.482 e. The maximum atomic E-state index is 11.9. The second-order valence-corrected chi connectivity index (χ2v) is 7.00. The fourth-order valence-corrected chi connectivity index (χ4v) is 3.34. The van der Waals surface area contributed by atoms with Crippen LogP contribution in [-0.4, -0.2) is 26.2 Å². The number of methoxy groups -OCH3 is 1. The van der Waals surface area contributed by atoms with Gasteiger partial charge in [-0.2, -0.15) is 0 Å². The Morgan fingerprint density at radius 2 is 2.09 bits per heavy atom. The van der Waals surface area contributed by atoms with Gasteiger partial charge < -0.3 is 14.8 Å². The van der Waals surface area contributed by atoms with Crippen molar-refractivity contribution in [3.05, 3.63) is 50.1 Å². The highest BCUT2D eigenvalue weighted by atomic mass is 35.5. The molecule has 0 saturated heterocycles. The van der Waals surface area contributed by atoms with E-state index in [4.69, 9.17) is 32.7 Å². The zero-order chi connectivity index (χ0) is 16.8. The molecule has 1 heterocycles. The quantitative estimate of drug-likeness (QED) is 0.788. The maximum Gasteiger partial charge on any atom is 0.258 e. The van der Waals surface area contributed by atoms with Crippen LogP contribution in [0.4, 0.5) is 0 Å². The lowest BCUT2D eigenvalue weighted by Gasteiger charge is -2.15. The smallest absolute Gasteiger partial charge is 0.258 e. The van der Waals surface area contributed by atoms with Crippen molar-refractivity contribution in [3.8, 4) is 5.75 Å². The first kappa shape index (κ1) is 18.1. The maximum absolute atomic E-state index is 11.9. The van der Waals surface area contributed by atoms with E-state index in [0.29, 0.717) is 22.3 Å². The molecule has 2 rings (SSSR count). The molecule has 1 atom stereocenters. The average molecular weight is 374 g/mol. The minimum atomic E-state index is -0.244. The van der Waals surface area contributed by atoms with Crippen LogP contribution >= 0.6 is 34.5 Å². The molecule has 0 fully saturated rings. The summed E-state index contributed by atoms with van der Waals surface area (Å²) in [4.78, 5) is 14.2. The van der Waals surface area contributed by atoms with Crippen molar-refractivity contribution in [2.75, 3.05) is 20.3 Å². The number of benzene rings is 1. The summed E-state index contributed by atoms with van der Waals surface area (Å²) in [5.74, 6) is 0.176. The number of hydrogen-bond acceptors (Lipinski definition) is 4. The van der Waals surface area contributed by atoms with Gasteiger partial charge in [0.25, 0.3) is 5.91 Å². The van der Waals surface area contributed by atoms with Gasteiger partial charge in [-0.25, -0.2) is 0 Å². The molecule has 4 nitrogen and oxygen atoms in total. The first-order chi connectivity index (χ1) is 11.0. The third-order valence-corrected chi connectivity index (χ3v) is 4.72. The predicted molar refractivity (Wildman–Crippen MR) is 93.8 cm³/mol. The molecule has 0 aliphatic heterocycles. The number of carbonyl (C=O) groups is 1. The fourth-order valence-electron chi connectivity index (χ4n) is 1.92. The molecule has 2 aromatic rings. The summed E-state index contributed by atoms with van der Waals surface area (Å²) in [6, 6.07) is 8.88. The van der Waals surface area contributed by atoms with Crippen LogP contribution in [-0.2, 0) is 9.53 Å². The molecule has 7 heteroatoms. The van der Waals surface area contributed by atoms with Gasteiger partial charge >= 0.3 is 0 Å². The predicted octanol–water partition coefficient (Wildman–Crippen LogP) is 4.25. The summed E-state index contributed by atoms with van der Waals surface area (Å²) in [5.41, 5.74) is 0. The van der Waals surface area contributed by atoms with Gasteiger partial charge in [-0.15, -0.1) is 11.3 Å². The molecule has 1 amide bonds. The molecule has 0 saturated carbocycles. The number of nitrogens with one attached hydrogen (secondary N) is 1. The van der Waals surface area contributed by atoms with E-state index in [1.807, 2.05) is 19.1 Å². The SMILES string of the molecule is CO[C@H](CNC(=O)COc1ccc(Cl)cc1Cl)c1ccc(C)s1. The molecule has 0 aliphatic rings. The van der Waals surface area contributed by atoms with Crippen LogP contribution in [0, 0.1) is 6.92 Å². The second kappa shape index (κ2) is 8.55. The van der Waals surface area contributed by atoms with Crippen LogP contribution in [0.25, 0.3) is 0 Å². The Labute approximate surface area is 149 Å². The molecule has 0 bridgehead atoms. The molecule has 1 aromatic heterocycles. The second-order valence-electron chi connectivity index (χ2n) is 4.84. The Hall–Kier alpha value is -1.27. The molecule has 124 valence electrons. The monoisotopic (exact) mass is 373 g/mol. The van der Waals surface area contributed by atoms with Crippen LogP contribution in [0.15, 0.2) is 30.3 Å². The number of halogens is 2. The van der Waals surface area contributed by atoms with Gasteiger partial charge in [0, 0.05) is 28.4 Å². The molecule has 0 spiro atoms. The highest BCUT2D eigenvalue weighted by Crippen LogP contribution is 2.27. The van der Waals surface area contributed by atoms with Crippen molar-refractivity contribution < 1.29 is 14.3 Å². The van der Waals surface area contributed by atoms with Crippen molar-refractivity contribution in [2.45, 2.75) is 13.0 Å². The van der Waals surface area contributed by atoms with E-state index < -0.39 is 0 Å². The van der Waals surface area contributed by atoms with Crippen LogP contribution in [0.5, 0.6) is 5.75 Å². The molecule has 1 aromatic carbocycles. The average Bonchev–Trinajstić information content (AvgIpc) is 2.93. The lowest BCUT2D eigenvalue weighted by atomic mass is 10.3. The Morgan fingerprint density at radius 1 is 1.30 bits per heavy atom. The molecule has 0 aliphatic carbocycles. The molecular weight excluding hydrogens is 357 g/mol. The van der Waals surface area contributed by atoms with Crippen LogP contribution in [0.1, 0.15) is 15.9 Å². The van der Waals surface area contributed by atoms with Gasteiger partial charge in [-0.05, 0) is 37.3 Å². The third kappa shape index (κ3) is 5.39. The highest BCUT2D eigenvalue weighted by molar-refractivity contribution is 7.12. The topological polar surface area (TPSA) is 47.6 Å². The van der Waals surface area contributed by atoms with Gasteiger partial charge in [0.05, 0.1) is 5.02 Å². The van der Waals surface area contributed by atoms with E-state index in [2.05, 4.69) is 5.32 Å². The van der Waals surface area contributed by atoms with Crippen LogP contribution in [0.2, 0.25) is 10.0 Å². The Bertz CT molecular complexity index is 675. The van der Waals surface area contributed by atoms with E-state index in [1.165, 1.54) is 4.88 Å². The van der Waals surface area contributed by atoms with E-state index >= 15 is 0 Å². The summed E-state index contributed by atoms with van der Waals surface area (Å²) >= 11 is 13.4. The third-order valence-electron chi connectivity index (χ3n) is 3.10. The molecule has 0 radical (unpaired) electrons. The molecule has 1 N–H and O–H groups in total. The van der Waals surface area contributed by atoms with E-state index in [1.54, 1.807) is 36.6 Å². The molecule has 23 heavy (non-hydrogen) atoms. The summed E-state index contributed by atoms with van der Waals surface area (Å²) < 4.78 is 10.8. The van der Waals surface area contributed by atoms with E-state index in [9.17, 15) is 4.79 Å².